The number of hydrogen-bond donors (Lipinski definition) is 1. The third-order valence-electron chi connectivity index (χ3n) is 2.49. The predicted octanol–water partition coefficient (Wildman–Crippen LogP) is 3.41. The summed E-state index contributed by atoms with van der Waals surface area (Å²) >= 11 is 5.19. The maximum Gasteiger partial charge on any atom is 0.137 e. The summed E-state index contributed by atoms with van der Waals surface area (Å²) in [4.78, 5) is 7.63. The van der Waals surface area contributed by atoms with Crippen molar-refractivity contribution in [3.05, 3.63) is 22.2 Å². The van der Waals surface area contributed by atoms with E-state index in [2.05, 4.69) is 30.7 Å². The van der Waals surface area contributed by atoms with Gasteiger partial charge in [0.2, 0.25) is 0 Å². The van der Waals surface area contributed by atoms with Crippen molar-refractivity contribution < 1.29 is 9.47 Å². The van der Waals surface area contributed by atoms with Gasteiger partial charge in [-0.25, -0.2) is 4.98 Å². The number of H-pyrrole nitrogens is 1. The molecule has 0 aliphatic heterocycles. The lowest BCUT2D eigenvalue weighted by Crippen LogP contribution is -2.24. The Balaban J connectivity index is 3.15. The zero-order valence-corrected chi connectivity index (χ0v) is 12.6. The number of hydrogen-bond acceptors (Lipinski definition) is 4. The van der Waals surface area contributed by atoms with Gasteiger partial charge in [0.15, 0.2) is 0 Å². The molecule has 1 aromatic heterocycles. The van der Waals surface area contributed by atoms with Crippen LogP contribution in [0.5, 0.6) is 0 Å². The van der Waals surface area contributed by atoms with E-state index in [1.807, 2.05) is 13.0 Å². The van der Waals surface area contributed by atoms with E-state index in [-0.39, 0.29) is 11.5 Å². The molecule has 0 fully saturated rings. The lowest BCUT2D eigenvalue weighted by Gasteiger charge is -2.29. The molecular formula is C13H22N2O2S. The summed E-state index contributed by atoms with van der Waals surface area (Å²) in [6.45, 7) is 9.46. The van der Waals surface area contributed by atoms with Gasteiger partial charge in [0.25, 0.3) is 0 Å². The van der Waals surface area contributed by atoms with E-state index in [9.17, 15) is 0 Å². The number of aromatic nitrogens is 2. The van der Waals surface area contributed by atoms with E-state index in [0.29, 0.717) is 17.9 Å². The minimum absolute atomic E-state index is 0.0486. The molecule has 1 heterocycles. The Hall–Kier alpha value is -0.780. The molecule has 4 nitrogen and oxygen atoms in total. The van der Waals surface area contributed by atoms with Crippen molar-refractivity contribution in [1.82, 2.24) is 9.97 Å². The highest BCUT2D eigenvalue weighted by Crippen LogP contribution is 2.34. The molecular weight excluding hydrogens is 248 g/mol. The molecule has 0 amide bonds. The quantitative estimate of drug-likeness (QED) is 0.833. The number of methoxy groups -OCH3 is 1. The van der Waals surface area contributed by atoms with Gasteiger partial charge in [-0.3, -0.25) is 0 Å². The molecule has 0 aromatic carbocycles. The molecule has 0 saturated carbocycles. The van der Waals surface area contributed by atoms with Crippen molar-refractivity contribution in [1.29, 1.82) is 0 Å². The average molecular weight is 270 g/mol. The Kier molecular flexibility index (Phi) is 5.44. The first-order chi connectivity index (χ1) is 8.38. The van der Waals surface area contributed by atoms with Crippen molar-refractivity contribution in [3.8, 4) is 0 Å². The van der Waals surface area contributed by atoms with Gasteiger partial charge >= 0.3 is 0 Å². The van der Waals surface area contributed by atoms with E-state index in [1.54, 1.807) is 7.11 Å². The van der Waals surface area contributed by atoms with Crippen LogP contribution < -0.4 is 0 Å². The van der Waals surface area contributed by atoms with Crippen molar-refractivity contribution >= 4 is 12.2 Å². The number of nitrogens with one attached hydrogen (secondary N) is 1. The van der Waals surface area contributed by atoms with Crippen LogP contribution in [-0.2, 0) is 16.1 Å². The van der Waals surface area contributed by atoms with Gasteiger partial charge < -0.3 is 14.5 Å². The molecule has 1 rings (SSSR count). The molecule has 1 aromatic rings. The van der Waals surface area contributed by atoms with Gasteiger partial charge in [-0.05, 0) is 18.4 Å². The molecule has 5 heteroatoms. The molecule has 0 aliphatic carbocycles. The SMILES string of the molecule is CCOC(c1nc(=S)cc(COC)[nH]1)C(C)(C)C. The lowest BCUT2D eigenvalue weighted by molar-refractivity contribution is -0.0195. The highest BCUT2D eigenvalue weighted by molar-refractivity contribution is 7.71. The molecule has 0 aliphatic rings. The summed E-state index contributed by atoms with van der Waals surface area (Å²) in [7, 11) is 1.65. The van der Waals surface area contributed by atoms with Crippen molar-refractivity contribution in [2.24, 2.45) is 5.41 Å². The minimum Gasteiger partial charge on any atom is -0.378 e. The summed E-state index contributed by atoms with van der Waals surface area (Å²) < 4.78 is 11.5. The molecule has 1 atom stereocenters. The smallest absolute Gasteiger partial charge is 0.137 e. The van der Waals surface area contributed by atoms with Crippen molar-refractivity contribution in [2.45, 2.75) is 40.4 Å². The molecule has 0 radical (unpaired) electrons. The summed E-state index contributed by atoms with van der Waals surface area (Å²) in [6, 6.07) is 1.81. The second-order valence-corrected chi connectivity index (χ2v) is 5.68. The summed E-state index contributed by atoms with van der Waals surface area (Å²) in [5, 5.41) is 0. The zero-order chi connectivity index (χ0) is 13.8. The molecule has 1 N–H and O–H groups in total. The van der Waals surface area contributed by atoms with Crippen LogP contribution in [0, 0.1) is 10.1 Å². The van der Waals surface area contributed by atoms with E-state index < -0.39 is 0 Å². The normalized spacial score (nSPS) is 13.6. The monoisotopic (exact) mass is 270 g/mol. The van der Waals surface area contributed by atoms with Crippen LogP contribution in [0.2, 0.25) is 0 Å². The van der Waals surface area contributed by atoms with Crippen LogP contribution in [0.1, 0.15) is 45.3 Å². The van der Waals surface area contributed by atoms with E-state index in [4.69, 9.17) is 21.7 Å². The van der Waals surface area contributed by atoms with E-state index in [1.165, 1.54) is 0 Å². The number of ether oxygens (including phenoxy) is 2. The fourth-order valence-electron chi connectivity index (χ4n) is 1.79. The van der Waals surface area contributed by atoms with Crippen LogP contribution in [0.4, 0.5) is 0 Å². The van der Waals surface area contributed by atoms with Gasteiger partial charge in [0.05, 0.1) is 6.61 Å². The van der Waals surface area contributed by atoms with Crippen molar-refractivity contribution in [3.63, 3.8) is 0 Å². The summed E-state index contributed by atoms with van der Waals surface area (Å²) in [5.41, 5.74) is 0.869. The fourth-order valence-corrected chi connectivity index (χ4v) is 2.03. The van der Waals surface area contributed by atoms with Gasteiger partial charge in [-0.1, -0.05) is 33.0 Å². The van der Waals surface area contributed by atoms with E-state index >= 15 is 0 Å². The van der Waals surface area contributed by atoms with Crippen LogP contribution >= 0.6 is 12.2 Å². The van der Waals surface area contributed by atoms with Gasteiger partial charge in [0.1, 0.15) is 16.6 Å². The topological polar surface area (TPSA) is 47.1 Å². The highest BCUT2D eigenvalue weighted by Gasteiger charge is 2.29. The maximum atomic E-state index is 5.80. The Morgan fingerprint density at radius 1 is 1.44 bits per heavy atom. The summed E-state index contributed by atoms with van der Waals surface area (Å²) in [5.74, 6) is 0.768. The third kappa shape index (κ3) is 4.15. The van der Waals surface area contributed by atoms with Crippen LogP contribution in [0.15, 0.2) is 6.07 Å². The van der Waals surface area contributed by atoms with E-state index in [0.717, 1.165) is 11.5 Å². The van der Waals surface area contributed by atoms with Crippen LogP contribution in [-0.4, -0.2) is 23.7 Å². The standard InChI is InChI=1S/C13H22N2O2S/c1-6-17-11(13(2,3)4)12-14-9(8-16-5)7-10(18)15-12/h7,11H,6,8H2,1-5H3,(H,14,15,18). The molecule has 0 spiro atoms. The second kappa shape index (κ2) is 6.41. The van der Waals surface area contributed by atoms with Gasteiger partial charge in [0, 0.05) is 19.4 Å². The summed E-state index contributed by atoms with van der Waals surface area (Å²) in [6.07, 6.45) is -0.110. The first-order valence-corrected chi connectivity index (χ1v) is 6.50. The Bertz CT molecular complexity index is 437. The second-order valence-electron chi connectivity index (χ2n) is 5.26. The van der Waals surface area contributed by atoms with Crippen LogP contribution in [0.25, 0.3) is 0 Å². The highest BCUT2D eigenvalue weighted by atomic mass is 32.1. The average Bonchev–Trinajstić information content (AvgIpc) is 2.23. The zero-order valence-electron chi connectivity index (χ0n) is 11.7. The number of aromatic amines is 1. The fraction of sp³-hybridized carbons (Fsp3) is 0.692. The molecule has 18 heavy (non-hydrogen) atoms. The minimum atomic E-state index is -0.110. The first-order valence-electron chi connectivity index (χ1n) is 6.09. The largest absolute Gasteiger partial charge is 0.378 e. The third-order valence-corrected chi connectivity index (χ3v) is 2.69. The van der Waals surface area contributed by atoms with Crippen LogP contribution in [0.3, 0.4) is 0 Å². The molecule has 0 bridgehead atoms. The lowest BCUT2D eigenvalue weighted by atomic mass is 9.88. The van der Waals surface area contributed by atoms with Gasteiger partial charge in [-0.15, -0.1) is 0 Å². The molecule has 0 saturated heterocycles. The van der Waals surface area contributed by atoms with Gasteiger partial charge in [-0.2, -0.15) is 0 Å². The Morgan fingerprint density at radius 3 is 2.61 bits per heavy atom. The molecule has 1 unspecified atom stereocenters. The van der Waals surface area contributed by atoms with Crippen molar-refractivity contribution in [2.75, 3.05) is 13.7 Å². The molecule has 102 valence electrons. The Morgan fingerprint density at radius 2 is 2.11 bits per heavy atom. The number of nitrogens with zero attached hydrogens (tertiary/aromatic N) is 1. The first kappa shape index (κ1) is 15.3. The predicted molar refractivity (Wildman–Crippen MR) is 74.0 cm³/mol. The number of rotatable bonds is 5. The maximum absolute atomic E-state index is 5.80. The Labute approximate surface area is 114 Å².